The molecular weight excluding hydrogens is 270 g/mol. The molecule has 0 fully saturated rings. The molecule has 2 aromatic rings. The van der Waals surface area contributed by atoms with Gasteiger partial charge in [-0.1, -0.05) is 13.3 Å². The summed E-state index contributed by atoms with van der Waals surface area (Å²) < 4.78 is 1.86. The standard InChI is InChI=1S/C15H19N3OS/c1-3-4-8-16-15(19)13-11-5-6-12-10(7-9-20-12)14(11)18(2)17-13/h7,9H,3-6,8H2,1-2H3,(H,16,19). The molecule has 3 rings (SSSR count). The number of nitrogens with one attached hydrogen (secondary N) is 1. The first-order chi connectivity index (χ1) is 9.72. The molecule has 0 bridgehead atoms. The number of thiophene rings is 1. The lowest BCUT2D eigenvalue weighted by Crippen LogP contribution is -2.26. The van der Waals surface area contributed by atoms with Crippen LogP contribution < -0.4 is 5.32 Å². The summed E-state index contributed by atoms with van der Waals surface area (Å²) in [7, 11) is 1.93. The number of hydrogen-bond donors (Lipinski definition) is 1. The minimum absolute atomic E-state index is 0.0334. The largest absolute Gasteiger partial charge is 0.351 e. The van der Waals surface area contributed by atoms with Crippen molar-refractivity contribution in [3.63, 3.8) is 0 Å². The molecule has 0 spiro atoms. The van der Waals surface area contributed by atoms with Crippen molar-refractivity contribution in [2.45, 2.75) is 32.6 Å². The van der Waals surface area contributed by atoms with E-state index in [1.807, 2.05) is 11.7 Å². The van der Waals surface area contributed by atoms with E-state index in [2.05, 4.69) is 28.8 Å². The van der Waals surface area contributed by atoms with Gasteiger partial charge >= 0.3 is 0 Å². The molecule has 0 aromatic carbocycles. The number of unbranched alkanes of at least 4 members (excludes halogenated alkanes) is 1. The molecule has 5 heteroatoms. The first kappa shape index (κ1) is 13.4. The number of hydrogen-bond acceptors (Lipinski definition) is 3. The van der Waals surface area contributed by atoms with E-state index >= 15 is 0 Å². The molecule has 0 saturated carbocycles. The Labute approximate surface area is 122 Å². The van der Waals surface area contributed by atoms with Crippen LogP contribution in [0.25, 0.3) is 11.3 Å². The molecule has 1 aliphatic carbocycles. The summed E-state index contributed by atoms with van der Waals surface area (Å²) in [6, 6.07) is 2.14. The Kier molecular flexibility index (Phi) is 3.61. The summed E-state index contributed by atoms with van der Waals surface area (Å²) in [6.45, 7) is 2.84. The van der Waals surface area contributed by atoms with Crippen LogP contribution in [0.2, 0.25) is 0 Å². The van der Waals surface area contributed by atoms with Gasteiger partial charge in [0.05, 0.1) is 5.69 Å². The Morgan fingerprint density at radius 3 is 3.15 bits per heavy atom. The quantitative estimate of drug-likeness (QED) is 0.880. The van der Waals surface area contributed by atoms with Gasteiger partial charge in [-0.2, -0.15) is 5.10 Å². The van der Waals surface area contributed by atoms with E-state index in [1.165, 1.54) is 10.4 Å². The lowest BCUT2D eigenvalue weighted by Gasteiger charge is -2.13. The van der Waals surface area contributed by atoms with Crippen LogP contribution in [0.1, 0.15) is 40.7 Å². The van der Waals surface area contributed by atoms with E-state index in [0.717, 1.165) is 43.5 Å². The van der Waals surface area contributed by atoms with Gasteiger partial charge in [-0.25, -0.2) is 0 Å². The molecule has 0 unspecified atom stereocenters. The van der Waals surface area contributed by atoms with Gasteiger partial charge in [0.15, 0.2) is 5.69 Å². The van der Waals surface area contributed by atoms with Gasteiger partial charge in [0, 0.05) is 29.6 Å². The maximum absolute atomic E-state index is 12.3. The van der Waals surface area contributed by atoms with Crippen LogP contribution in [0.5, 0.6) is 0 Å². The van der Waals surface area contributed by atoms with Crippen molar-refractivity contribution in [2.75, 3.05) is 6.54 Å². The van der Waals surface area contributed by atoms with Crippen molar-refractivity contribution in [3.05, 3.63) is 27.6 Å². The van der Waals surface area contributed by atoms with Crippen molar-refractivity contribution in [1.82, 2.24) is 15.1 Å². The molecule has 0 saturated heterocycles. The fourth-order valence-corrected chi connectivity index (χ4v) is 3.65. The van der Waals surface area contributed by atoms with Gasteiger partial charge in [0.2, 0.25) is 0 Å². The molecule has 2 aromatic heterocycles. The molecule has 106 valence electrons. The highest BCUT2D eigenvalue weighted by Crippen LogP contribution is 2.37. The van der Waals surface area contributed by atoms with Crippen molar-refractivity contribution in [1.29, 1.82) is 0 Å². The number of rotatable bonds is 4. The second kappa shape index (κ2) is 5.40. The zero-order valence-electron chi connectivity index (χ0n) is 11.9. The normalized spacial score (nSPS) is 12.9. The number of aromatic nitrogens is 2. The van der Waals surface area contributed by atoms with E-state index in [9.17, 15) is 4.79 Å². The highest BCUT2D eigenvalue weighted by molar-refractivity contribution is 7.10. The SMILES string of the molecule is CCCCNC(=O)c1nn(C)c2c1CCc1sccc1-2. The summed E-state index contributed by atoms with van der Waals surface area (Å²) in [5.74, 6) is -0.0334. The van der Waals surface area contributed by atoms with E-state index in [0.29, 0.717) is 5.69 Å². The number of carbonyl (C=O) groups is 1. The molecule has 0 radical (unpaired) electrons. The Hall–Kier alpha value is -1.62. The van der Waals surface area contributed by atoms with Crippen LogP contribution >= 0.6 is 11.3 Å². The summed E-state index contributed by atoms with van der Waals surface area (Å²) in [5, 5.41) is 9.55. The zero-order valence-corrected chi connectivity index (χ0v) is 12.7. The minimum atomic E-state index is -0.0334. The van der Waals surface area contributed by atoms with Gasteiger partial charge < -0.3 is 5.32 Å². The van der Waals surface area contributed by atoms with Gasteiger partial charge in [-0.15, -0.1) is 11.3 Å². The molecule has 1 N–H and O–H groups in total. The van der Waals surface area contributed by atoms with E-state index in [-0.39, 0.29) is 5.91 Å². The van der Waals surface area contributed by atoms with Crippen molar-refractivity contribution in [3.8, 4) is 11.3 Å². The highest BCUT2D eigenvalue weighted by Gasteiger charge is 2.27. The molecule has 1 aliphatic rings. The third-order valence-corrected chi connectivity index (χ3v) is 4.76. The Bertz CT molecular complexity index is 642. The Morgan fingerprint density at radius 2 is 2.35 bits per heavy atom. The number of aryl methyl sites for hydroxylation is 2. The molecule has 4 nitrogen and oxygen atoms in total. The average molecular weight is 289 g/mol. The highest BCUT2D eigenvalue weighted by atomic mass is 32.1. The van der Waals surface area contributed by atoms with Crippen LogP contribution in [-0.4, -0.2) is 22.2 Å². The summed E-state index contributed by atoms with van der Waals surface area (Å²) in [6.07, 6.45) is 4.02. The Morgan fingerprint density at radius 1 is 1.50 bits per heavy atom. The fourth-order valence-electron chi connectivity index (χ4n) is 2.77. The number of fused-ring (bicyclic) bond motifs is 3. The second-order valence-corrected chi connectivity index (χ2v) is 6.17. The lowest BCUT2D eigenvalue weighted by molar-refractivity contribution is 0.0946. The molecule has 0 aliphatic heterocycles. The van der Waals surface area contributed by atoms with Crippen molar-refractivity contribution >= 4 is 17.2 Å². The minimum Gasteiger partial charge on any atom is -0.351 e. The van der Waals surface area contributed by atoms with Gasteiger partial charge in [-0.05, 0) is 30.7 Å². The van der Waals surface area contributed by atoms with Crippen molar-refractivity contribution in [2.24, 2.45) is 7.05 Å². The predicted octanol–water partition coefficient (Wildman–Crippen LogP) is 2.78. The zero-order chi connectivity index (χ0) is 14.1. The van der Waals surface area contributed by atoms with Crippen molar-refractivity contribution < 1.29 is 4.79 Å². The number of carbonyl (C=O) groups excluding carboxylic acids is 1. The van der Waals surface area contributed by atoms with E-state index in [1.54, 1.807) is 11.3 Å². The van der Waals surface area contributed by atoms with E-state index in [4.69, 9.17) is 0 Å². The maximum atomic E-state index is 12.3. The summed E-state index contributed by atoms with van der Waals surface area (Å²) >= 11 is 1.79. The third-order valence-electron chi connectivity index (χ3n) is 3.78. The molecule has 20 heavy (non-hydrogen) atoms. The van der Waals surface area contributed by atoms with Gasteiger partial charge in [-0.3, -0.25) is 9.48 Å². The first-order valence-corrected chi connectivity index (χ1v) is 8.01. The lowest BCUT2D eigenvalue weighted by atomic mass is 9.94. The van der Waals surface area contributed by atoms with Crippen LogP contribution in [0.15, 0.2) is 11.4 Å². The molecular formula is C15H19N3OS. The van der Waals surface area contributed by atoms with Crippen LogP contribution in [0, 0.1) is 0 Å². The third kappa shape index (κ3) is 2.16. The fraction of sp³-hybridized carbons (Fsp3) is 0.467. The number of amides is 1. The number of nitrogens with zero attached hydrogens (tertiary/aromatic N) is 2. The second-order valence-electron chi connectivity index (χ2n) is 5.17. The predicted molar refractivity (Wildman–Crippen MR) is 81.2 cm³/mol. The van der Waals surface area contributed by atoms with Gasteiger partial charge in [0.25, 0.3) is 5.91 Å². The van der Waals surface area contributed by atoms with E-state index < -0.39 is 0 Å². The maximum Gasteiger partial charge on any atom is 0.272 e. The van der Waals surface area contributed by atoms with Crippen LogP contribution in [0.3, 0.4) is 0 Å². The average Bonchev–Trinajstić information content (AvgIpc) is 3.03. The molecule has 0 atom stereocenters. The smallest absolute Gasteiger partial charge is 0.272 e. The van der Waals surface area contributed by atoms with Gasteiger partial charge in [0.1, 0.15) is 0 Å². The summed E-state index contributed by atoms with van der Waals surface area (Å²) in [5.41, 5.74) is 4.08. The Balaban J connectivity index is 1.93. The first-order valence-electron chi connectivity index (χ1n) is 7.13. The van der Waals surface area contributed by atoms with Crippen LogP contribution in [-0.2, 0) is 19.9 Å². The molecule has 2 heterocycles. The van der Waals surface area contributed by atoms with Crippen LogP contribution in [0.4, 0.5) is 0 Å². The topological polar surface area (TPSA) is 46.9 Å². The molecule has 1 amide bonds. The monoisotopic (exact) mass is 289 g/mol. The summed E-state index contributed by atoms with van der Waals surface area (Å²) in [4.78, 5) is 13.7.